The maximum atomic E-state index is 11.7. The Hall–Kier alpha value is -1.19. The van der Waals surface area contributed by atoms with Crippen LogP contribution in [0.5, 0.6) is 0 Å². The fourth-order valence-electron chi connectivity index (χ4n) is 1.25. The number of rotatable bonds is 3. The molecule has 0 fully saturated rings. The van der Waals surface area contributed by atoms with Gasteiger partial charge < -0.3 is 0 Å². The maximum absolute atomic E-state index is 11.7. The minimum Gasteiger partial charge on any atom is -0.294 e. The third-order valence-electron chi connectivity index (χ3n) is 1.96. The van der Waals surface area contributed by atoms with Gasteiger partial charge in [0.15, 0.2) is 10.3 Å². The van der Waals surface area contributed by atoms with Gasteiger partial charge in [0.05, 0.1) is 12.1 Å². The molecule has 0 radical (unpaired) electrons. The van der Waals surface area contributed by atoms with Crippen molar-refractivity contribution >= 4 is 28.7 Å². The molecule has 0 aliphatic rings. The minimum absolute atomic E-state index is 0.0672. The molecule has 2 aromatic rings. The van der Waals surface area contributed by atoms with Gasteiger partial charge in [-0.2, -0.15) is 0 Å². The molecule has 0 amide bonds. The lowest BCUT2D eigenvalue weighted by atomic mass is 10.1. The van der Waals surface area contributed by atoms with Crippen LogP contribution in [0.4, 0.5) is 0 Å². The Morgan fingerprint density at radius 2 is 2.07 bits per heavy atom. The van der Waals surface area contributed by atoms with Crippen molar-refractivity contribution in [2.75, 3.05) is 0 Å². The van der Waals surface area contributed by atoms with E-state index in [0.29, 0.717) is 16.5 Å². The Bertz CT molecular complexity index is 466. The van der Waals surface area contributed by atoms with E-state index < -0.39 is 0 Å². The molecule has 0 spiro atoms. The third-order valence-corrected chi connectivity index (χ3v) is 2.99. The maximum Gasteiger partial charge on any atom is 0.183 e. The summed E-state index contributed by atoms with van der Waals surface area (Å²) in [5.74, 6) is 0.0672. The van der Waals surface area contributed by atoms with E-state index in [1.165, 1.54) is 11.3 Å². The van der Waals surface area contributed by atoms with Crippen LogP contribution < -0.4 is 0 Å². The van der Waals surface area contributed by atoms with Crippen LogP contribution in [0, 0.1) is 0 Å². The number of hydrogen-bond acceptors (Lipinski definition) is 3. The zero-order valence-electron chi connectivity index (χ0n) is 7.81. The molecule has 0 saturated heterocycles. The molecule has 0 aliphatic carbocycles. The predicted octanol–water partition coefficient (Wildman–Crippen LogP) is 3.22. The lowest BCUT2D eigenvalue weighted by Gasteiger charge is -1.97. The van der Waals surface area contributed by atoms with Crippen LogP contribution >= 0.6 is 22.9 Å². The summed E-state index contributed by atoms with van der Waals surface area (Å²) in [6.45, 7) is 0. The van der Waals surface area contributed by atoms with Gasteiger partial charge >= 0.3 is 0 Å². The summed E-state index contributed by atoms with van der Waals surface area (Å²) in [7, 11) is 0. The van der Waals surface area contributed by atoms with Crippen LogP contribution in [0.25, 0.3) is 0 Å². The molecule has 0 unspecified atom stereocenters. The number of halogens is 1. The number of aromatic nitrogens is 1. The normalized spacial score (nSPS) is 10.2. The molecule has 4 heteroatoms. The molecule has 15 heavy (non-hydrogen) atoms. The van der Waals surface area contributed by atoms with Gasteiger partial charge in [-0.1, -0.05) is 41.9 Å². The molecule has 1 heterocycles. The van der Waals surface area contributed by atoms with Crippen LogP contribution in [0.3, 0.4) is 0 Å². The first-order valence-electron chi connectivity index (χ1n) is 4.44. The summed E-state index contributed by atoms with van der Waals surface area (Å²) >= 11 is 7.03. The summed E-state index contributed by atoms with van der Waals surface area (Å²) in [4.78, 5) is 15.8. The number of carbonyl (C=O) groups is 1. The van der Waals surface area contributed by atoms with Crippen LogP contribution in [0.1, 0.15) is 16.1 Å². The van der Waals surface area contributed by atoms with Crippen LogP contribution in [0.2, 0.25) is 4.47 Å². The van der Waals surface area contributed by atoms with E-state index in [4.69, 9.17) is 11.6 Å². The lowest BCUT2D eigenvalue weighted by Crippen LogP contribution is -2.03. The molecule has 1 aromatic carbocycles. The second-order valence-corrected chi connectivity index (χ2v) is 4.50. The fraction of sp³-hybridized carbons (Fsp3) is 0.0909. The molecule has 0 aliphatic heterocycles. The molecule has 2 nitrogen and oxygen atoms in total. The first-order valence-corrected chi connectivity index (χ1v) is 5.69. The van der Waals surface area contributed by atoms with Gasteiger partial charge in [0.1, 0.15) is 0 Å². The first kappa shape index (κ1) is 10.3. The Kier molecular flexibility index (Phi) is 3.14. The van der Waals surface area contributed by atoms with Gasteiger partial charge in [-0.15, -0.1) is 11.3 Å². The van der Waals surface area contributed by atoms with Crippen molar-refractivity contribution in [2.24, 2.45) is 0 Å². The highest BCUT2D eigenvalue weighted by Gasteiger charge is 2.08. The van der Waals surface area contributed by atoms with Gasteiger partial charge in [-0.25, -0.2) is 4.98 Å². The van der Waals surface area contributed by atoms with E-state index in [1.807, 2.05) is 23.6 Å². The highest BCUT2D eigenvalue weighted by Crippen LogP contribution is 2.16. The zero-order valence-corrected chi connectivity index (χ0v) is 9.39. The summed E-state index contributed by atoms with van der Waals surface area (Å²) < 4.78 is 0.478. The molecule has 0 bridgehead atoms. The van der Waals surface area contributed by atoms with Crippen LogP contribution in [-0.2, 0) is 6.42 Å². The Labute approximate surface area is 96.5 Å². The van der Waals surface area contributed by atoms with Crippen molar-refractivity contribution < 1.29 is 4.79 Å². The largest absolute Gasteiger partial charge is 0.294 e. The summed E-state index contributed by atoms with van der Waals surface area (Å²) in [5.41, 5.74) is 1.44. The molecule has 0 atom stereocenters. The molecule has 76 valence electrons. The van der Waals surface area contributed by atoms with Gasteiger partial charge in [-0.3, -0.25) is 4.79 Å². The van der Waals surface area contributed by atoms with Gasteiger partial charge in [0.25, 0.3) is 0 Å². The second kappa shape index (κ2) is 4.55. The van der Waals surface area contributed by atoms with E-state index in [9.17, 15) is 4.79 Å². The number of hydrogen-bond donors (Lipinski definition) is 0. The number of benzene rings is 1. The lowest BCUT2D eigenvalue weighted by molar-refractivity contribution is 0.0992. The van der Waals surface area contributed by atoms with E-state index >= 15 is 0 Å². The average molecular weight is 238 g/mol. The van der Waals surface area contributed by atoms with Gasteiger partial charge in [0.2, 0.25) is 0 Å². The number of ketones is 1. The Balaban J connectivity index is 2.11. The summed E-state index contributed by atoms with van der Waals surface area (Å²) in [6, 6.07) is 9.19. The quantitative estimate of drug-likeness (QED) is 0.768. The molecule has 2 rings (SSSR count). The van der Waals surface area contributed by atoms with Crippen molar-refractivity contribution in [1.29, 1.82) is 0 Å². The van der Waals surface area contributed by atoms with E-state index in [2.05, 4.69) is 4.98 Å². The Morgan fingerprint density at radius 3 is 2.67 bits per heavy atom. The smallest absolute Gasteiger partial charge is 0.183 e. The fourth-order valence-corrected chi connectivity index (χ4v) is 2.04. The van der Waals surface area contributed by atoms with Crippen molar-refractivity contribution in [1.82, 2.24) is 4.98 Å². The summed E-state index contributed by atoms with van der Waals surface area (Å²) in [6.07, 6.45) is 0.313. The highest BCUT2D eigenvalue weighted by molar-refractivity contribution is 7.13. The highest BCUT2D eigenvalue weighted by atomic mass is 35.5. The number of carbonyl (C=O) groups excluding carboxylic acids is 1. The van der Waals surface area contributed by atoms with Gasteiger partial charge in [-0.05, 0) is 0 Å². The van der Waals surface area contributed by atoms with E-state index in [-0.39, 0.29) is 5.78 Å². The molecular weight excluding hydrogens is 230 g/mol. The van der Waals surface area contributed by atoms with E-state index in [0.717, 1.165) is 5.69 Å². The monoisotopic (exact) mass is 237 g/mol. The molecule has 0 N–H and O–H groups in total. The SMILES string of the molecule is O=C(Cc1csc(Cl)n1)c1ccccc1. The number of nitrogens with zero attached hydrogens (tertiary/aromatic N) is 1. The average Bonchev–Trinajstić information content (AvgIpc) is 2.65. The molecular formula is C11H8ClNOS. The Morgan fingerprint density at radius 1 is 1.33 bits per heavy atom. The van der Waals surface area contributed by atoms with Crippen LogP contribution in [0.15, 0.2) is 35.7 Å². The standard InChI is InChI=1S/C11H8ClNOS/c12-11-13-9(7-15-11)6-10(14)8-4-2-1-3-5-8/h1-5,7H,6H2. The van der Waals surface area contributed by atoms with Crippen molar-refractivity contribution in [3.05, 3.63) is 51.4 Å². The van der Waals surface area contributed by atoms with Crippen molar-refractivity contribution in [2.45, 2.75) is 6.42 Å². The van der Waals surface area contributed by atoms with Crippen molar-refractivity contribution in [3.8, 4) is 0 Å². The molecule has 1 aromatic heterocycles. The van der Waals surface area contributed by atoms with Crippen molar-refractivity contribution in [3.63, 3.8) is 0 Å². The van der Waals surface area contributed by atoms with Crippen LogP contribution in [-0.4, -0.2) is 10.8 Å². The predicted molar refractivity (Wildman–Crippen MR) is 61.6 cm³/mol. The first-order chi connectivity index (χ1) is 7.25. The zero-order chi connectivity index (χ0) is 10.7. The number of Topliss-reactive ketones (excluding diaryl/α,β-unsaturated/α-hetero) is 1. The third kappa shape index (κ3) is 2.64. The van der Waals surface area contributed by atoms with Gasteiger partial charge in [0, 0.05) is 10.9 Å². The second-order valence-electron chi connectivity index (χ2n) is 3.06. The van der Waals surface area contributed by atoms with E-state index in [1.54, 1.807) is 12.1 Å². The summed E-state index contributed by atoms with van der Waals surface area (Å²) in [5, 5.41) is 1.81. The topological polar surface area (TPSA) is 30.0 Å². The molecule has 0 saturated carbocycles. The number of thiazole rings is 1. The minimum atomic E-state index is 0.0672.